The van der Waals surface area contributed by atoms with Crippen LogP contribution in [0, 0.1) is 19.8 Å². The van der Waals surface area contributed by atoms with Crippen molar-refractivity contribution in [3.63, 3.8) is 0 Å². The number of hydrogen-bond donors (Lipinski definition) is 1. The number of furan rings is 1. The molecule has 2 atom stereocenters. The summed E-state index contributed by atoms with van der Waals surface area (Å²) < 4.78 is 11.7. The summed E-state index contributed by atoms with van der Waals surface area (Å²) in [5, 5.41) is 5.66. The molecule has 2 fully saturated rings. The zero-order valence-corrected chi connectivity index (χ0v) is 23.4. The molecule has 2 aromatic heterocycles. The monoisotopic (exact) mass is 546 g/mol. The third kappa shape index (κ3) is 5.01. The molecule has 2 aromatic carbocycles. The van der Waals surface area contributed by atoms with Crippen molar-refractivity contribution in [1.82, 2.24) is 10.2 Å². The van der Waals surface area contributed by atoms with Gasteiger partial charge in [0.1, 0.15) is 11.2 Å². The summed E-state index contributed by atoms with van der Waals surface area (Å²) in [6, 6.07) is 10.3. The van der Waals surface area contributed by atoms with Crippen LogP contribution in [0.5, 0.6) is 0 Å². The number of benzene rings is 2. The van der Waals surface area contributed by atoms with Crippen LogP contribution in [-0.4, -0.2) is 36.5 Å². The Morgan fingerprint density at radius 1 is 1.03 bits per heavy atom. The predicted octanol–water partition coefficient (Wildman–Crippen LogP) is 6.79. The first-order chi connectivity index (χ1) is 18.9. The van der Waals surface area contributed by atoms with Gasteiger partial charge >= 0.3 is 5.63 Å². The molecule has 4 heterocycles. The average Bonchev–Trinajstić information content (AvgIpc) is 3.37. The van der Waals surface area contributed by atoms with Crippen LogP contribution in [0.25, 0.3) is 33.1 Å². The van der Waals surface area contributed by atoms with Crippen molar-refractivity contribution in [2.45, 2.75) is 64.8 Å². The highest BCUT2D eigenvalue weighted by atomic mass is 35.5. The van der Waals surface area contributed by atoms with Crippen LogP contribution in [0.2, 0.25) is 5.02 Å². The van der Waals surface area contributed by atoms with E-state index in [4.69, 9.17) is 20.4 Å². The molecule has 2 aliphatic heterocycles. The Hall–Kier alpha value is -3.09. The Balaban J connectivity index is 1.22. The van der Waals surface area contributed by atoms with E-state index >= 15 is 0 Å². The van der Waals surface area contributed by atoms with E-state index in [1.54, 1.807) is 6.26 Å². The van der Waals surface area contributed by atoms with Crippen LogP contribution in [0.4, 0.5) is 0 Å². The van der Waals surface area contributed by atoms with Crippen LogP contribution in [0.1, 0.15) is 55.2 Å². The summed E-state index contributed by atoms with van der Waals surface area (Å²) in [5.41, 5.74) is 5.00. The second-order valence-corrected chi connectivity index (χ2v) is 11.6. The van der Waals surface area contributed by atoms with Gasteiger partial charge in [0.15, 0.2) is 0 Å². The number of halogens is 1. The van der Waals surface area contributed by atoms with Crippen LogP contribution in [0.15, 0.2) is 50.2 Å². The molecule has 6 nitrogen and oxygen atoms in total. The summed E-state index contributed by atoms with van der Waals surface area (Å²) in [4.78, 5) is 28.5. The maximum Gasteiger partial charge on any atom is 0.339 e. The molecule has 0 aliphatic carbocycles. The van der Waals surface area contributed by atoms with Crippen LogP contribution >= 0.6 is 11.6 Å². The van der Waals surface area contributed by atoms with E-state index in [9.17, 15) is 9.59 Å². The molecule has 2 saturated heterocycles. The average molecular weight is 547 g/mol. The minimum atomic E-state index is -0.384. The van der Waals surface area contributed by atoms with Crippen molar-refractivity contribution >= 4 is 39.4 Å². The zero-order chi connectivity index (χ0) is 27.1. The summed E-state index contributed by atoms with van der Waals surface area (Å²) in [7, 11) is 0. The highest BCUT2D eigenvalue weighted by Crippen LogP contribution is 2.37. The minimum absolute atomic E-state index is 0.00618. The molecular weight excluding hydrogens is 512 g/mol. The number of fused-ring (bicyclic) bond motifs is 3. The van der Waals surface area contributed by atoms with E-state index in [1.165, 1.54) is 45.2 Å². The van der Waals surface area contributed by atoms with Crippen molar-refractivity contribution in [2.75, 3.05) is 19.6 Å². The SMILES string of the molecule is Cc1c(CCC(=O)NC[C@@H]2CCCN3CCCC[C@H]23)c(=O)oc2c(C)c3occ(-c4ccc(Cl)cc4)c3cc12. The Morgan fingerprint density at radius 2 is 1.82 bits per heavy atom. The molecule has 0 saturated carbocycles. The minimum Gasteiger partial charge on any atom is -0.463 e. The first-order valence-electron chi connectivity index (χ1n) is 14.1. The molecule has 6 rings (SSSR count). The third-order valence-electron chi connectivity index (χ3n) is 8.89. The molecule has 0 radical (unpaired) electrons. The fraction of sp³-hybridized carbons (Fsp3) is 0.438. The number of carbonyl (C=O) groups is 1. The van der Waals surface area contributed by atoms with E-state index in [-0.39, 0.29) is 18.0 Å². The lowest BCUT2D eigenvalue weighted by Crippen LogP contribution is -2.51. The fourth-order valence-electron chi connectivity index (χ4n) is 6.73. The zero-order valence-electron chi connectivity index (χ0n) is 22.6. The van der Waals surface area contributed by atoms with Gasteiger partial charge in [-0.15, -0.1) is 0 Å². The number of rotatable bonds is 6. The number of nitrogens with zero attached hydrogens (tertiary/aromatic N) is 1. The van der Waals surface area contributed by atoms with Gasteiger partial charge in [0.25, 0.3) is 0 Å². The molecule has 4 aromatic rings. The molecule has 39 heavy (non-hydrogen) atoms. The lowest BCUT2D eigenvalue weighted by atomic mass is 9.83. The lowest BCUT2D eigenvalue weighted by molar-refractivity contribution is -0.121. The summed E-state index contributed by atoms with van der Waals surface area (Å²) >= 11 is 6.09. The first-order valence-corrected chi connectivity index (χ1v) is 14.5. The number of aryl methyl sites for hydroxylation is 2. The number of carbonyl (C=O) groups excluding carboxylic acids is 1. The second-order valence-electron chi connectivity index (χ2n) is 11.2. The molecule has 0 spiro atoms. The molecule has 2 aliphatic rings. The fourth-order valence-corrected chi connectivity index (χ4v) is 6.85. The van der Waals surface area contributed by atoms with E-state index in [2.05, 4.69) is 10.2 Å². The van der Waals surface area contributed by atoms with Gasteiger partial charge in [0, 0.05) is 51.5 Å². The van der Waals surface area contributed by atoms with Gasteiger partial charge in [-0.2, -0.15) is 0 Å². The third-order valence-corrected chi connectivity index (χ3v) is 9.14. The Bertz CT molecular complexity index is 1580. The molecule has 1 amide bonds. The van der Waals surface area contributed by atoms with Gasteiger partial charge in [0.05, 0.1) is 6.26 Å². The molecule has 0 bridgehead atoms. The van der Waals surface area contributed by atoms with Gasteiger partial charge in [-0.25, -0.2) is 4.79 Å². The van der Waals surface area contributed by atoms with Crippen LogP contribution < -0.4 is 10.9 Å². The quantitative estimate of drug-likeness (QED) is 0.269. The van der Waals surface area contributed by atoms with Crippen LogP contribution in [0.3, 0.4) is 0 Å². The van der Waals surface area contributed by atoms with Crippen molar-refractivity contribution < 1.29 is 13.6 Å². The smallest absolute Gasteiger partial charge is 0.339 e. The normalized spacial score (nSPS) is 19.9. The predicted molar refractivity (Wildman–Crippen MR) is 155 cm³/mol. The number of piperidine rings is 2. The van der Waals surface area contributed by atoms with Gasteiger partial charge in [-0.3, -0.25) is 4.79 Å². The van der Waals surface area contributed by atoms with Gasteiger partial charge in [0.2, 0.25) is 5.91 Å². The van der Waals surface area contributed by atoms with E-state index in [0.717, 1.165) is 39.6 Å². The molecular formula is C32H35ClN2O4. The van der Waals surface area contributed by atoms with Crippen molar-refractivity contribution in [3.8, 4) is 11.1 Å². The maximum atomic E-state index is 13.0. The number of amides is 1. The Kier molecular flexibility index (Phi) is 7.25. The van der Waals surface area contributed by atoms with Crippen molar-refractivity contribution in [2.24, 2.45) is 5.92 Å². The largest absolute Gasteiger partial charge is 0.463 e. The second kappa shape index (κ2) is 10.8. The van der Waals surface area contributed by atoms with E-state index in [1.807, 2.05) is 44.2 Å². The maximum absolute atomic E-state index is 13.0. The Morgan fingerprint density at radius 3 is 2.64 bits per heavy atom. The van der Waals surface area contributed by atoms with Gasteiger partial charge in [-0.05, 0) is 94.3 Å². The first kappa shape index (κ1) is 26.1. The van der Waals surface area contributed by atoms with Crippen molar-refractivity contribution in [3.05, 3.63) is 68.7 Å². The topological polar surface area (TPSA) is 75.7 Å². The van der Waals surface area contributed by atoms with Crippen LogP contribution in [-0.2, 0) is 11.2 Å². The van der Waals surface area contributed by atoms with E-state index < -0.39 is 0 Å². The highest BCUT2D eigenvalue weighted by Gasteiger charge is 2.33. The molecule has 7 heteroatoms. The number of hydrogen-bond acceptors (Lipinski definition) is 5. The molecule has 1 N–H and O–H groups in total. The van der Waals surface area contributed by atoms with Gasteiger partial charge in [-0.1, -0.05) is 30.2 Å². The lowest BCUT2D eigenvalue weighted by Gasteiger charge is -2.44. The van der Waals surface area contributed by atoms with E-state index in [0.29, 0.717) is 40.1 Å². The highest BCUT2D eigenvalue weighted by molar-refractivity contribution is 6.30. The summed E-state index contributed by atoms with van der Waals surface area (Å²) in [6.07, 6.45) is 8.54. The Labute approximate surface area is 233 Å². The standard InChI is InChI=1S/C32H35ClN2O4/c1-19-24(12-13-29(36)34-17-22-6-5-15-35-14-4-3-7-28(22)35)32(37)39-31-20(2)30-26(16-25(19)31)27(18-38-30)21-8-10-23(33)11-9-21/h8-11,16,18,22,28H,3-7,12-15,17H2,1-2H3,(H,34,36)/t22-,28+/m0/s1. The van der Waals surface area contributed by atoms with Gasteiger partial charge < -0.3 is 19.1 Å². The summed E-state index contributed by atoms with van der Waals surface area (Å²) in [5.74, 6) is 0.513. The summed E-state index contributed by atoms with van der Waals surface area (Å²) in [6.45, 7) is 6.96. The molecule has 204 valence electrons. The number of nitrogens with one attached hydrogen (secondary N) is 1. The van der Waals surface area contributed by atoms with Crippen molar-refractivity contribution in [1.29, 1.82) is 0 Å². The molecule has 0 unspecified atom stereocenters.